The summed E-state index contributed by atoms with van der Waals surface area (Å²) < 4.78 is 0. The van der Waals surface area contributed by atoms with Gasteiger partial charge in [-0.3, -0.25) is 5.32 Å². The van der Waals surface area contributed by atoms with Crippen molar-refractivity contribution in [2.75, 3.05) is 6.54 Å². The topological polar surface area (TPSA) is 70.6 Å². The van der Waals surface area contributed by atoms with Gasteiger partial charge in [-0.05, 0) is 13.8 Å². The lowest BCUT2D eigenvalue weighted by Gasteiger charge is -2.08. The zero-order valence-electron chi connectivity index (χ0n) is 6.76. The van der Waals surface area contributed by atoms with Crippen molar-refractivity contribution in [2.24, 2.45) is 10.9 Å². The Morgan fingerprint density at radius 2 is 2.45 bits per heavy atom. The normalized spacial score (nSPS) is 13.5. The Morgan fingerprint density at radius 1 is 1.82 bits per heavy atom. The van der Waals surface area contributed by atoms with Crippen molar-refractivity contribution in [3.63, 3.8) is 0 Å². The summed E-state index contributed by atoms with van der Waals surface area (Å²) in [5.41, 5.74) is 5.29. The molecule has 0 fully saturated rings. The Labute approximate surface area is 66.5 Å². The molecular formula is C7H13N3O. The molecule has 0 aromatic rings. The van der Waals surface area contributed by atoms with Crippen LogP contribution in [0.3, 0.4) is 0 Å². The van der Waals surface area contributed by atoms with E-state index in [1.165, 1.54) is 0 Å². The van der Waals surface area contributed by atoms with Gasteiger partial charge in [0.05, 0.1) is 12.6 Å². The van der Waals surface area contributed by atoms with Gasteiger partial charge in [-0.15, -0.1) is 5.92 Å². The monoisotopic (exact) mass is 155 g/mol. The molecule has 1 unspecified atom stereocenters. The van der Waals surface area contributed by atoms with Gasteiger partial charge in [0.2, 0.25) is 0 Å². The molecule has 0 aliphatic carbocycles. The average Bonchev–Trinajstić information content (AvgIpc) is 2.03. The molecule has 4 N–H and O–H groups in total. The third-order valence-corrected chi connectivity index (χ3v) is 1.23. The van der Waals surface area contributed by atoms with E-state index in [-0.39, 0.29) is 11.9 Å². The summed E-state index contributed by atoms with van der Waals surface area (Å²) in [4.78, 5) is 0. The van der Waals surface area contributed by atoms with Crippen molar-refractivity contribution in [1.29, 1.82) is 0 Å². The number of hydrogen-bond acceptors (Lipinski definition) is 3. The van der Waals surface area contributed by atoms with E-state index < -0.39 is 0 Å². The lowest BCUT2D eigenvalue weighted by atomic mass is 10.3. The molecular weight excluding hydrogens is 142 g/mol. The van der Waals surface area contributed by atoms with Gasteiger partial charge in [0.25, 0.3) is 0 Å². The highest BCUT2D eigenvalue weighted by Gasteiger charge is 2.03. The minimum Gasteiger partial charge on any atom is -0.409 e. The molecule has 0 aliphatic heterocycles. The maximum Gasteiger partial charge on any atom is 0.156 e. The largest absolute Gasteiger partial charge is 0.409 e. The van der Waals surface area contributed by atoms with Gasteiger partial charge < -0.3 is 10.9 Å². The van der Waals surface area contributed by atoms with Crippen LogP contribution in [0.15, 0.2) is 5.16 Å². The Kier molecular flexibility index (Phi) is 4.95. The van der Waals surface area contributed by atoms with Crippen molar-refractivity contribution in [1.82, 2.24) is 5.32 Å². The number of nitrogens with zero attached hydrogens (tertiary/aromatic N) is 1. The van der Waals surface area contributed by atoms with Gasteiger partial charge in [-0.25, -0.2) is 0 Å². The Morgan fingerprint density at radius 3 is 2.91 bits per heavy atom. The minimum absolute atomic E-state index is 0.138. The molecule has 0 spiro atoms. The van der Waals surface area contributed by atoms with E-state index in [4.69, 9.17) is 10.9 Å². The molecule has 0 heterocycles. The van der Waals surface area contributed by atoms with Crippen LogP contribution in [-0.2, 0) is 0 Å². The fourth-order valence-electron chi connectivity index (χ4n) is 0.484. The molecule has 0 aliphatic rings. The van der Waals surface area contributed by atoms with E-state index in [1.807, 2.05) is 0 Å². The van der Waals surface area contributed by atoms with Crippen molar-refractivity contribution in [3.05, 3.63) is 0 Å². The fraction of sp³-hybridized carbons (Fsp3) is 0.571. The van der Waals surface area contributed by atoms with E-state index in [0.29, 0.717) is 6.54 Å². The van der Waals surface area contributed by atoms with Crippen LogP contribution in [0.5, 0.6) is 0 Å². The highest BCUT2D eigenvalue weighted by atomic mass is 16.4. The molecule has 0 rings (SSSR count). The van der Waals surface area contributed by atoms with Crippen molar-refractivity contribution < 1.29 is 5.21 Å². The quantitative estimate of drug-likeness (QED) is 0.173. The summed E-state index contributed by atoms with van der Waals surface area (Å²) in [5, 5.41) is 14.0. The number of nitrogens with two attached hydrogens (primary N) is 1. The summed E-state index contributed by atoms with van der Waals surface area (Å²) in [6, 6.07) is -0.138. The van der Waals surface area contributed by atoms with E-state index in [0.717, 1.165) is 0 Å². The van der Waals surface area contributed by atoms with Crippen LogP contribution in [0.25, 0.3) is 0 Å². The minimum atomic E-state index is -0.138. The molecule has 0 saturated carbocycles. The van der Waals surface area contributed by atoms with Crippen LogP contribution in [-0.4, -0.2) is 23.6 Å². The Bertz CT molecular complexity index is 190. The first kappa shape index (κ1) is 9.79. The van der Waals surface area contributed by atoms with Crippen molar-refractivity contribution in [2.45, 2.75) is 19.9 Å². The highest BCUT2D eigenvalue weighted by Crippen LogP contribution is 1.79. The molecule has 11 heavy (non-hydrogen) atoms. The van der Waals surface area contributed by atoms with Gasteiger partial charge in [0, 0.05) is 0 Å². The SMILES string of the molecule is CC#CCNC(C)C(N)=NO. The van der Waals surface area contributed by atoms with Gasteiger partial charge >= 0.3 is 0 Å². The van der Waals surface area contributed by atoms with Crippen LogP contribution in [0.4, 0.5) is 0 Å². The van der Waals surface area contributed by atoms with E-state index in [2.05, 4.69) is 22.3 Å². The summed E-state index contributed by atoms with van der Waals surface area (Å²) in [5.74, 6) is 5.70. The maximum absolute atomic E-state index is 8.25. The zero-order valence-corrected chi connectivity index (χ0v) is 6.76. The maximum atomic E-state index is 8.25. The molecule has 0 radical (unpaired) electrons. The number of amidine groups is 1. The predicted octanol–water partition coefficient (Wildman–Crippen LogP) is -0.266. The highest BCUT2D eigenvalue weighted by molar-refractivity contribution is 5.84. The Balaban J connectivity index is 3.66. The summed E-state index contributed by atoms with van der Waals surface area (Å²) in [7, 11) is 0. The standard InChI is InChI=1S/C7H13N3O/c1-3-4-5-9-6(2)7(8)10-11/h6,9,11H,5H2,1-2H3,(H2,8,10). The molecule has 62 valence electrons. The summed E-state index contributed by atoms with van der Waals surface area (Å²) >= 11 is 0. The second-order valence-corrected chi connectivity index (χ2v) is 2.05. The third-order valence-electron chi connectivity index (χ3n) is 1.23. The van der Waals surface area contributed by atoms with E-state index >= 15 is 0 Å². The van der Waals surface area contributed by atoms with Crippen LogP contribution >= 0.6 is 0 Å². The van der Waals surface area contributed by atoms with E-state index in [1.54, 1.807) is 13.8 Å². The molecule has 4 heteroatoms. The lowest BCUT2D eigenvalue weighted by Crippen LogP contribution is -2.39. The molecule has 0 amide bonds. The van der Waals surface area contributed by atoms with Crippen LogP contribution in [0.2, 0.25) is 0 Å². The first-order valence-corrected chi connectivity index (χ1v) is 3.32. The average molecular weight is 155 g/mol. The first-order chi connectivity index (χ1) is 5.22. The van der Waals surface area contributed by atoms with Gasteiger partial charge in [-0.2, -0.15) is 0 Å². The lowest BCUT2D eigenvalue weighted by molar-refractivity contribution is 0.315. The molecule has 4 nitrogen and oxygen atoms in total. The van der Waals surface area contributed by atoms with Gasteiger partial charge in [0.1, 0.15) is 0 Å². The number of oxime groups is 1. The number of hydrogen-bond donors (Lipinski definition) is 3. The van der Waals surface area contributed by atoms with Crippen LogP contribution < -0.4 is 11.1 Å². The first-order valence-electron chi connectivity index (χ1n) is 3.32. The molecule has 0 aromatic carbocycles. The number of rotatable bonds is 3. The van der Waals surface area contributed by atoms with Crippen molar-refractivity contribution >= 4 is 5.84 Å². The molecule has 0 saturated heterocycles. The molecule has 0 bridgehead atoms. The van der Waals surface area contributed by atoms with Crippen LogP contribution in [0, 0.1) is 11.8 Å². The van der Waals surface area contributed by atoms with Crippen molar-refractivity contribution in [3.8, 4) is 11.8 Å². The molecule has 0 aromatic heterocycles. The van der Waals surface area contributed by atoms with Crippen LogP contribution in [0.1, 0.15) is 13.8 Å². The zero-order chi connectivity index (χ0) is 8.69. The fourth-order valence-corrected chi connectivity index (χ4v) is 0.484. The molecule has 1 atom stereocenters. The number of nitrogens with one attached hydrogen (secondary N) is 1. The second-order valence-electron chi connectivity index (χ2n) is 2.05. The smallest absolute Gasteiger partial charge is 0.156 e. The predicted molar refractivity (Wildman–Crippen MR) is 44.3 cm³/mol. The summed E-state index contributed by atoms with van der Waals surface area (Å²) in [6.07, 6.45) is 0. The van der Waals surface area contributed by atoms with Gasteiger partial charge in [-0.1, -0.05) is 11.1 Å². The van der Waals surface area contributed by atoms with Gasteiger partial charge in [0.15, 0.2) is 5.84 Å². The Hall–Kier alpha value is -1.21. The van der Waals surface area contributed by atoms with E-state index in [9.17, 15) is 0 Å². The summed E-state index contributed by atoms with van der Waals surface area (Å²) in [6.45, 7) is 4.11. The third kappa shape index (κ3) is 4.23. The second kappa shape index (κ2) is 5.57.